The first-order valence-corrected chi connectivity index (χ1v) is 7.78. The molecule has 0 aliphatic heterocycles. The van der Waals surface area contributed by atoms with Crippen LogP contribution in [0.3, 0.4) is 0 Å². The fraction of sp³-hybridized carbons (Fsp3) is 0.333. The van der Waals surface area contributed by atoms with E-state index in [0.717, 1.165) is 18.4 Å². The lowest BCUT2D eigenvalue weighted by molar-refractivity contribution is 0.182. The van der Waals surface area contributed by atoms with Crippen molar-refractivity contribution in [2.75, 3.05) is 25.6 Å². The number of rotatable bonds is 8. The summed E-state index contributed by atoms with van der Waals surface area (Å²) in [6, 6.07) is 13.5. The number of hydrogen-bond donors (Lipinski definition) is 1. The van der Waals surface area contributed by atoms with Crippen LogP contribution < -0.4 is 5.32 Å². The Hall–Kier alpha value is -2.40. The lowest BCUT2D eigenvalue weighted by atomic mass is 10.2. The van der Waals surface area contributed by atoms with E-state index >= 15 is 0 Å². The smallest absolute Gasteiger partial charge is 0.322 e. The SMILES string of the molecule is COCCCCN(Cc1ccccc1)C(=O)Nc1cccnc1. The summed E-state index contributed by atoms with van der Waals surface area (Å²) in [5, 5.41) is 2.90. The maximum atomic E-state index is 12.5. The highest BCUT2D eigenvalue weighted by Crippen LogP contribution is 2.10. The van der Waals surface area contributed by atoms with Gasteiger partial charge in [-0.1, -0.05) is 30.3 Å². The van der Waals surface area contributed by atoms with Crippen LogP contribution in [0.4, 0.5) is 10.5 Å². The second-order valence-corrected chi connectivity index (χ2v) is 5.28. The number of unbranched alkanes of at least 4 members (excludes halogenated alkanes) is 1. The Labute approximate surface area is 137 Å². The predicted molar refractivity (Wildman–Crippen MR) is 91.2 cm³/mol. The number of aromatic nitrogens is 1. The normalized spacial score (nSPS) is 10.3. The first kappa shape index (κ1) is 17.0. The molecule has 0 saturated heterocycles. The number of amides is 2. The minimum Gasteiger partial charge on any atom is -0.385 e. The maximum Gasteiger partial charge on any atom is 0.322 e. The van der Waals surface area contributed by atoms with Crippen LogP contribution in [-0.4, -0.2) is 36.2 Å². The third-order valence-corrected chi connectivity index (χ3v) is 3.44. The van der Waals surface area contributed by atoms with E-state index < -0.39 is 0 Å². The van der Waals surface area contributed by atoms with Crippen molar-refractivity contribution in [2.45, 2.75) is 19.4 Å². The van der Waals surface area contributed by atoms with E-state index in [1.165, 1.54) is 0 Å². The van der Waals surface area contributed by atoms with Gasteiger partial charge in [0.05, 0.1) is 11.9 Å². The van der Waals surface area contributed by atoms with Gasteiger partial charge in [-0.3, -0.25) is 4.98 Å². The number of anilines is 1. The molecule has 0 unspecified atom stereocenters. The number of carbonyl (C=O) groups is 1. The van der Waals surface area contributed by atoms with Gasteiger partial charge in [0.2, 0.25) is 0 Å². The minimum atomic E-state index is -0.112. The molecule has 0 radical (unpaired) electrons. The zero-order chi connectivity index (χ0) is 16.3. The Kier molecular flexibility index (Phi) is 7.07. The molecule has 5 nitrogen and oxygen atoms in total. The topological polar surface area (TPSA) is 54.5 Å². The van der Waals surface area contributed by atoms with E-state index in [-0.39, 0.29) is 6.03 Å². The summed E-state index contributed by atoms with van der Waals surface area (Å²) in [5.74, 6) is 0. The van der Waals surface area contributed by atoms with Crippen LogP contribution in [0.15, 0.2) is 54.9 Å². The van der Waals surface area contributed by atoms with E-state index in [1.54, 1.807) is 25.6 Å². The average molecular weight is 313 g/mol. The van der Waals surface area contributed by atoms with Gasteiger partial charge in [0, 0.05) is 33.0 Å². The molecular weight excluding hydrogens is 290 g/mol. The number of ether oxygens (including phenoxy) is 1. The van der Waals surface area contributed by atoms with Crippen molar-refractivity contribution in [1.82, 2.24) is 9.88 Å². The fourth-order valence-electron chi connectivity index (χ4n) is 2.24. The summed E-state index contributed by atoms with van der Waals surface area (Å²) in [5.41, 5.74) is 1.81. The monoisotopic (exact) mass is 313 g/mol. The molecule has 2 rings (SSSR count). The third-order valence-electron chi connectivity index (χ3n) is 3.44. The van der Waals surface area contributed by atoms with Gasteiger partial charge in [-0.2, -0.15) is 0 Å². The van der Waals surface area contributed by atoms with Crippen molar-refractivity contribution in [3.63, 3.8) is 0 Å². The van der Waals surface area contributed by atoms with Gasteiger partial charge in [0.15, 0.2) is 0 Å². The summed E-state index contributed by atoms with van der Waals surface area (Å²) < 4.78 is 5.07. The Morgan fingerprint density at radius 3 is 2.70 bits per heavy atom. The molecule has 0 saturated carbocycles. The largest absolute Gasteiger partial charge is 0.385 e. The van der Waals surface area contributed by atoms with Crippen molar-refractivity contribution < 1.29 is 9.53 Å². The van der Waals surface area contributed by atoms with Crippen molar-refractivity contribution in [1.29, 1.82) is 0 Å². The van der Waals surface area contributed by atoms with Crippen LogP contribution in [0, 0.1) is 0 Å². The molecule has 1 N–H and O–H groups in total. The molecule has 1 heterocycles. The summed E-state index contributed by atoms with van der Waals surface area (Å²) >= 11 is 0. The molecule has 0 bridgehead atoms. The zero-order valence-corrected chi connectivity index (χ0v) is 13.4. The molecule has 0 aliphatic carbocycles. The first-order chi connectivity index (χ1) is 11.3. The molecule has 122 valence electrons. The van der Waals surface area contributed by atoms with E-state index in [2.05, 4.69) is 10.3 Å². The van der Waals surface area contributed by atoms with Gasteiger partial charge < -0.3 is 15.0 Å². The van der Waals surface area contributed by atoms with Gasteiger partial charge in [0.1, 0.15) is 0 Å². The molecule has 1 aromatic heterocycles. The Morgan fingerprint density at radius 1 is 1.17 bits per heavy atom. The molecule has 0 atom stereocenters. The van der Waals surface area contributed by atoms with Crippen molar-refractivity contribution in [3.05, 3.63) is 60.4 Å². The van der Waals surface area contributed by atoms with Crippen molar-refractivity contribution >= 4 is 11.7 Å². The van der Waals surface area contributed by atoms with Gasteiger partial charge in [-0.15, -0.1) is 0 Å². The second kappa shape index (κ2) is 9.58. The fourth-order valence-corrected chi connectivity index (χ4v) is 2.24. The predicted octanol–water partition coefficient (Wildman–Crippen LogP) is 3.54. The van der Waals surface area contributed by atoms with Gasteiger partial charge in [0.25, 0.3) is 0 Å². The Bertz CT molecular complexity index is 575. The first-order valence-electron chi connectivity index (χ1n) is 7.78. The van der Waals surface area contributed by atoms with Crippen LogP contribution in [-0.2, 0) is 11.3 Å². The van der Waals surface area contributed by atoms with Gasteiger partial charge in [-0.25, -0.2) is 4.79 Å². The number of pyridine rings is 1. The van der Waals surface area contributed by atoms with Gasteiger partial charge in [-0.05, 0) is 30.5 Å². The van der Waals surface area contributed by atoms with Crippen LogP contribution in [0.5, 0.6) is 0 Å². The molecular formula is C18H23N3O2. The molecule has 0 fully saturated rings. The Balaban J connectivity index is 1.98. The molecule has 2 amide bonds. The van der Waals surface area contributed by atoms with Crippen LogP contribution in [0.25, 0.3) is 0 Å². The highest BCUT2D eigenvalue weighted by Gasteiger charge is 2.14. The minimum absolute atomic E-state index is 0.112. The molecule has 1 aromatic carbocycles. The van der Waals surface area contributed by atoms with E-state index in [0.29, 0.717) is 25.4 Å². The van der Waals surface area contributed by atoms with Crippen molar-refractivity contribution in [2.24, 2.45) is 0 Å². The van der Waals surface area contributed by atoms with Crippen LogP contribution in [0.2, 0.25) is 0 Å². The average Bonchev–Trinajstić information content (AvgIpc) is 2.59. The van der Waals surface area contributed by atoms with Crippen molar-refractivity contribution in [3.8, 4) is 0 Å². The molecule has 0 spiro atoms. The van der Waals surface area contributed by atoms with E-state index in [4.69, 9.17) is 4.74 Å². The van der Waals surface area contributed by atoms with Crippen LogP contribution in [0.1, 0.15) is 18.4 Å². The molecule has 5 heteroatoms. The lowest BCUT2D eigenvalue weighted by Gasteiger charge is -2.23. The number of benzene rings is 1. The highest BCUT2D eigenvalue weighted by atomic mass is 16.5. The number of nitrogens with zero attached hydrogens (tertiary/aromatic N) is 2. The number of carbonyl (C=O) groups excluding carboxylic acids is 1. The molecule has 23 heavy (non-hydrogen) atoms. The molecule has 2 aromatic rings. The maximum absolute atomic E-state index is 12.5. The standard InChI is InChI=1S/C18H23N3O2/c1-23-13-6-5-12-21(15-16-8-3-2-4-9-16)18(22)20-17-10-7-11-19-14-17/h2-4,7-11,14H,5-6,12-13,15H2,1H3,(H,20,22). The number of urea groups is 1. The summed E-state index contributed by atoms with van der Waals surface area (Å²) in [4.78, 5) is 18.4. The van der Waals surface area contributed by atoms with E-state index in [1.807, 2.05) is 41.3 Å². The Morgan fingerprint density at radius 2 is 2.00 bits per heavy atom. The molecule has 0 aliphatic rings. The number of hydrogen-bond acceptors (Lipinski definition) is 3. The van der Waals surface area contributed by atoms with Gasteiger partial charge >= 0.3 is 6.03 Å². The van der Waals surface area contributed by atoms with E-state index in [9.17, 15) is 4.79 Å². The summed E-state index contributed by atoms with van der Waals surface area (Å²) in [7, 11) is 1.69. The zero-order valence-electron chi connectivity index (χ0n) is 13.4. The number of nitrogens with one attached hydrogen (secondary N) is 1. The number of methoxy groups -OCH3 is 1. The lowest BCUT2D eigenvalue weighted by Crippen LogP contribution is -2.35. The highest BCUT2D eigenvalue weighted by molar-refractivity contribution is 5.89. The van der Waals surface area contributed by atoms with Crippen LogP contribution >= 0.6 is 0 Å². The quantitative estimate of drug-likeness (QED) is 0.758. The third kappa shape index (κ3) is 6.08. The second-order valence-electron chi connectivity index (χ2n) is 5.28. The summed E-state index contributed by atoms with van der Waals surface area (Å²) in [6.07, 6.45) is 5.16. The summed E-state index contributed by atoms with van der Waals surface area (Å²) in [6.45, 7) is 1.98.